The molecule has 0 spiro atoms. The number of benzene rings is 3. The number of ketones is 1. The van der Waals surface area contributed by atoms with Crippen LogP contribution in [0.1, 0.15) is 38.8 Å². The highest BCUT2D eigenvalue weighted by molar-refractivity contribution is 6.16. The number of methoxy groups -OCH3 is 1. The van der Waals surface area contributed by atoms with E-state index in [-0.39, 0.29) is 28.6 Å². The second-order valence-corrected chi connectivity index (χ2v) is 8.18. The van der Waals surface area contributed by atoms with Gasteiger partial charge in [0.15, 0.2) is 5.76 Å². The van der Waals surface area contributed by atoms with Gasteiger partial charge in [-0.05, 0) is 61.9 Å². The summed E-state index contributed by atoms with van der Waals surface area (Å²) in [5, 5.41) is 0.933. The molecule has 0 N–H and O–H groups in total. The lowest BCUT2D eigenvalue weighted by molar-refractivity contribution is 0.0729. The highest BCUT2D eigenvalue weighted by Crippen LogP contribution is 2.38. The summed E-state index contributed by atoms with van der Waals surface area (Å²) in [4.78, 5) is 25.6. The lowest BCUT2D eigenvalue weighted by Gasteiger charge is -2.08. The molecule has 7 heteroatoms. The Balaban J connectivity index is 1.49. The van der Waals surface area contributed by atoms with Gasteiger partial charge in [0.25, 0.3) is 0 Å². The number of carbonyl (C=O) groups is 2. The Kier molecular flexibility index (Phi) is 5.61. The number of allylic oxidation sites excluding steroid dienone is 1. The molecule has 0 unspecified atom stereocenters. The summed E-state index contributed by atoms with van der Waals surface area (Å²) in [6.45, 7) is 4.54. The van der Waals surface area contributed by atoms with Crippen molar-refractivity contribution < 1.29 is 28.2 Å². The number of esters is 1. The summed E-state index contributed by atoms with van der Waals surface area (Å²) in [7, 11) is 1.61. The number of aryl methyl sites for hydroxylation is 2. The van der Waals surface area contributed by atoms with E-state index in [0.29, 0.717) is 16.9 Å². The van der Waals surface area contributed by atoms with E-state index in [4.69, 9.17) is 14.2 Å². The predicted octanol–water partition coefficient (Wildman–Crippen LogP) is 5.95. The summed E-state index contributed by atoms with van der Waals surface area (Å²) in [6, 6.07) is 14.4. The molecular formula is C28H22FNO5. The maximum atomic E-state index is 14.0. The normalized spacial score (nSPS) is 13.7. The van der Waals surface area contributed by atoms with Crippen LogP contribution in [0.3, 0.4) is 0 Å². The van der Waals surface area contributed by atoms with Gasteiger partial charge in [-0.1, -0.05) is 12.1 Å². The molecule has 6 nitrogen and oxygen atoms in total. The Bertz CT molecular complexity index is 1530. The molecule has 3 aromatic carbocycles. The lowest BCUT2D eigenvalue weighted by Crippen LogP contribution is -2.10. The molecule has 1 aromatic heterocycles. The average molecular weight is 471 g/mol. The van der Waals surface area contributed by atoms with Crippen LogP contribution in [-0.2, 0) is 6.54 Å². The molecule has 0 saturated carbocycles. The third-order valence-corrected chi connectivity index (χ3v) is 5.99. The number of rotatable bonds is 5. The van der Waals surface area contributed by atoms with Crippen molar-refractivity contribution in [1.29, 1.82) is 0 Å². The topological polar surface area (TPSA) is 66.8 Å². The molecule has 0 atom stereocenters. The van der Waals surface area contributed by atoms with Gasteiger partial charge >= 0.3 is 5.97 Å². The van der Waals surface area contributed by atoms with E-state index >= 15 is 0 Å². The van der Waals surface area contributed by atoms with E-state index in [1.165, 1.54) is 24.3 Å². The molecule has 0 radical (unpaired) electrons. The summed E-state index contributed by atoms with van der Waals surface area (Å²) in [5.41, 5.74) is 2.65. The van der Waals surface area contributed by atoms with Crippen molar-refractivity contribution in [2.24, 2.45) is 0 Å². The van der Waals surface area contributed by atoms with Gasteiger partial charge in [-0.15, -0.1) is 0 Å². The highest BCUT2D eigenvalue weighted by Gasteiger charge is 2.31. The maximum Gasteiger partial charge on any atom is 0.346 e. The minimum Gasteiger partial charge on any atom is -0.497 e. The van der Waals surface area contributed by atoms with Crippen molar-refractivity contribution in [3.8, 4) is 17.2 Å². The first kappa shape index (κ1) is 22.4. The van der Waals surface area contributed by atoms with Crippen molar-refractivity contribution in [1.82, 2.24) is 4.57 Å². The first-order chi connectivity index (χ1) is 16.9. The minimum atomic E-state index is -0.830. The van der Waals surface area contributed by atoms with Crippen molar-refractivity contribution in [2.45, 2.75) is 20.4 Å². The molecule has 2 heterocycles. The van der Waals surface area contributed by atoms with Crippen LogP contribution in [0.25, 0.3) is 17.0 Å². The number of Topliss-reactive ketones (excluding diaryl/α,β-unsaturated/α-hetero) is 1. The maximum absolute atomic E-state index is 14.0. The number of fused-ring (bicyclic) bond motifs is 2. The van der Waals surface area contributed by atoms with E-state index in [9.17, 15) is 14.0 Å². The molecule has 4 aromatic rings. The molecule has 5 rings (SSSR count). The monoisotopic (exact) mass is 471 g/mol. The van der Waals surface area contributed by atoms with Gasteiger partial charge in [0.05, 0.1) is 18.2 Å². The Morgan fingerprint density at radius 2 is 1.91 bits per heavy atom. The first-order valence-corrected chi connectivity index (χ1v) is 11.1. The molecule has 0 fully saturated rings. The van der Waals surface area contributed by atoms with Crippen LogP contribution in [0.5, 0.6) is 17.2 Å². The average Bonchev–Trinajstić information content (AvgIpc) is 3.36. The molecule has 0 amide bonds. The van der Waals surface area contributed by atoms with E-state index in [1.54, 1.807) is 32.2 Å². The first-order valence-electron chi connectivity index (χ1n) is 11.1. The molecule has 0 aliphatic carbocycles. The molecule has 1 aliphatic rings. The van der Waals surface area contributed by atoms with Gasteiger partial charge in [0.2, 0.25) is 5.78 Å². The van der Waals surface area contributed by atoms with E-state index < -0.39 is 11.8 Å². The van der Waals surface area contributed by atoms with E-state index in [1.807, 2.05) is 31.3 Å². The van der Waals surface area contributed by atoms with Crippen LogP contribution in [0.2, 0.25) is 0 Å². The van der Waals surface area contributed by atoms with Gasteiger partial charge in [0, 0.05) is 35.3 Å². The fourth-order valence-electron chi connectivity index (χ4n) is 4.27. The van der Waals surface area contributed by atoms with Crippen LogP contribution in [0.15, 0.2) is 66.6 Å². The standard InChI is InChI=1S/C28H22FNO5/c1-4-30-15-17(21-13-18(33-3)9-10-23(21)30)12-25-27(31)26-16(2)11-19(14-24(26)35-25)34-28(32)20-7-5-6-8-22(20)29/h5-15H,4H2,1-3H3/b25-12-. The molecule has 176 valence electrons. The lowest BCUT2D eigenvalue weighted by atomic mass is 10.0. The second-order valence-electron chi connectivity index (χ2n) is 8.18. The van der Waals surface area contributed by atoms with Crippen molar-refractivity contribution in [3.63, 3.8) is 0 Å². The number of hydrogen-bond acceptors (Lipinski definition) is 5. The van der Waals surface area contributed by atoms with Crippen molar-refractivity contribution in [2.75, 3.05) is 7.11 Å². The largest absolute Gasteiger partial charge is 0.497 e. The number of halogens is 1. The van der Waals surface area contributed by atoms with Crippen LogP contribution in [0.4, 0.5) is 4.39 Å². The summed E-state index contributed by atoms with van der Waals surface area (Å²) < 4.78 is 32.7. The van der Waals surface area contributed by atoms with E-state index in [2.05, 4.69) is 4.57 Å². The van der Waals surface area contributed by atoms with Gasteiger partial charge in [-0.3, -0.25) is 4.79 Å². The zero-order valence-corrected chi connectivity index (χ0v) is 19.4. The summed E-state index contributed by atoms with van der Waals surface area (Å²) >= 11 is 0. The van der Waals surface area contributed by atoms with Crippen LogP contribution < -0.4 is 14.2 Å². The fraction of sp³-hybridized carbons (Fsp3) is 0.143. The van der Waals surface area contributed by atoms with Crippen LogP contribution in [-0.4, -0.2) is 23.4 Å². The molecule has 1 aliphatic heterocycles. The summed E-state index contributed by atoms with van der Waals surface area (Å²) in [6.07, 6.45) is 3.67. The van der Waals surface area contributed by atoms with Gasteiger partial charge in [0.1, 0.15) is 23.1 Å². The SMILES string of the molecule is CCn1cc(/C=C2\Oc3cc(OC(=O)c4ccccc4F)cc(C)c3C2=O)c2cc(OC)ccc21. The Morgan fingerprint density at radius 1 is 1.11 bits per heavy atom. The third kappa shape index (κ3) is 3.95. The van der Waals surface area contributed by atoms with Gasteiger partial charge in [-0.2, -0.15) is 0 Å². The third-order valence-electron chi connectivity index (χ3n) is 5.99. The van der Waals surface area contributed by atoms with Crippen LogP contribution in [0, 0.1) is 12.7 Å². The fourth-order valence-corrected chi connectivity index (χ4v) is 4.27. The van der Waals surface area contributed by atoms with Gasteiger partial charge in [-0.25, -0.2) is 9.18 Å². The second kappa shape index (κ2) is 8.76. The number of nitrogens with zero attached hydrogens (tertiary/aromatic N) is 1. The molecular weight excluding hydrogens is 449 g/mol. The van der Waals surface area contributed by atoms with Crippen LogP contribution >= 0.6 is 0 Å². The van der Waals surface area contributed by atoms with Crippen molar-refractivity contribution in [3.05, 3.63) is 94.6 Å². The number of hydrogen-bond donors (Lipinski definition) is 0. The van der Waals surface area contributed by atoms with E-state index in [0.717, 1.165) is 23.0 Å². The Morgan fingerprint density at radius 3 is 2.66 bits per heavy atom. The van der Waals surface area contributed by atoms with Crippen molar-refractivity contribution >= 4 is 28.7 Å². The van der Waals surface area contributed by atoms with Gasteiger partial charge < -0.3 is 18.8 Å². The predicted molar refractivity (Wildman–Crippen MR) is 130 cm³/mol. The number of aromatic nitrogens is 1. The Labute approximate surface area is 201 Å². The molecule has 35 heavy (non-hydrogen) atoms. The Hall–Kier alpha value is -4.39. The number of ether oxygens (including phenoxy) is 3. The zero-order chi connectivity index (χ0) is 24.7. The molecule has 0 bridgehead atoms. The quantitative estimate of drug-likeness (QED) is 0.204. The smallest absolute Gasteiger partial charge is 0.346 e. The summed E-state index contributed by atoms with van der Waals surface area (Å²) in [5.74, 6) is -0.433. The zero-order valence-electron chi connectivity index (χ0n) is 19.4. The number of carbonyl (C=O) groups excluding carboxylic acids is 2. The minimum absolute atomic E-state index is 0.163. The molecule has 0 saturated heterocycles. The highest BCUT2D eigenvalue weighted by atomic mass is 19.1.